The molecule has 1 saturated heterocycles. The average Bonchev–Trinajstić information content (AvgIpc) is 2.38. The summed E-state index contributed by atoms with van der Waals surface area (Å²) in [6, 6.07) is 7.66. The summed E-state index contributed by atoms with van der Waals surface area (Å²) in [5.74, 6) is -0.618. The lowest BCUT2D eigenvalue weighted by atomic mass is 9.89. The molecule has 1 aliphatic heterocycles. The Balaban J connectivity index is 2.11. The third-order valence-electron chi connectivity index (χ3n) is 4.16. The SMILES string of the molecule is CC1CC(C(=O)O)CCN1C(C)c1ccccc1O. The molecule has 1 heterocycles. The standard InChI is InChI=1S/C15H21NO3/c1-10-9-12(15(18)19)7-8-16(10)11(2)13-5-3-4-6-14(13)17/h3-6,10-12,17H,7-9H2,1-2H3,(H,18,19). The Labute approximate surface area is 113 Å². The van der Waals surface area contributed by atoms with Crippen molar-refractivity contribution in [1.82, 2.24) is 4.90 Å². The van der Waals surface area contributed by atoms with Crippen LogP contribution in [0.3, 0.4) is 0 Å². The van der Waals surface area contributed by atoms with Crippen LogP contribution in [-0.4, -0.2) is 33.7 Å². The lowest BCUT2D eigenvalue weighted by Gasteiger charge is -2.40. The predicted octanol–water partition coefficient (Wildman–Crippen LogP) is 2.64. The number of likely N-dealkylation sites (tertiary alicyclic amines) is 1. The van der Waals surface area contributed by atoms with Crippen LogP contribution in [0.5, 0.6) is 5.75 Å². The molecular formula is C15H21NO3. The largest absolute Gasteiger partial charge is 0.508 e. The van der Waals surface area contributed by atoms with Gasteiger partial charge in [-0.25, -0.2) is 0 Å². The van der Waals surface area contributed by atoms with E-state index in [2.05, 4.69) is 18.7 Å². The van der Waals surface area contributed by atoms with Crippen LogP contribution in [0.15, 0.2) is 24.3 Å². The molecule has 0 bridgehead atoms. The van der Waals surface area contributed by atoms with Crippen molar-refractivity contribution in [1.29, 1.82) is 0 Å². The molecule has 0 aromatic heterocycles. The minimum absolute atomic E-state index is 0.103. The van der Waals surface area contributed by atoms with E-state index < -0.39 is 5.97 Å². The number of phenols is 1. The van der Waals surface area contributed by atoms with Crippen LogP contribution in [0.1, 0.15) is 38.3 Å². The second-order valence-electron chi connectivity index (χ2n) is 5.38. The second-order valence-corrected chi connectivity index (χ2v) is 5.38. The van der Waals surface area contributed by atoms with Gasteiger partial charge in [0.15, 0.2) is 0 Å². The lowest BCUT2D eigenvalue weighted by Crippen LogP contribution is -2.43. The van der Waals surface area contributed by atoms with Crippen LogP contribution < -0.4 is 0 Å². The highest BCUT2D eigenvalue weighted by atomic mass is 16.4. The Morgan fingerprint density at radius 2 is 2.11 bits per heavy atom. The molecule has 3 atom stereocenters. The van der Waals surface area contributed by atoms with E-state index >= 15 is 0 Å². The summed E-state index contributed by atoms with van der Waals surface area (Å²) in [6.07, 6.45) is 1.35. The van der Waals surface area contributed by atoms with E-state index in [0.717, 1.165) is 12.1 Å². The number of phenolic OH excluding ortho intramolecular Hbond substituents is 1. The van der Waals surface area contributed by atoms with E-state index in [0.29, 0.717) is 18.6 Å². The number of rotatable bonds is 3. The van der Waals surface area contributed by atoms with Crippen molar-refractivity contribution in [2.24, 2.45) is 5.92 Å². The fraction of sp³-hybridized carbons (Fsp3) is 0.533. The Hall–Kier alpha value is -1.55. The highest BCUT2D eigenvalue weighted by Crippen LogP contribution is 2.34. The maximum atomic E-state index is 11.0. The number of nitrogens with zero attached hydrogens (tertiary/aromatic N) is 1. The van der Waals surface area contributed by atoms with Gasteiger partial charge in [0.1, 0.15) is 5.75 Å². The molecule has 0 amide bonds. The highest BCUT2D eigenvalue weighted by molar-refractivity contribution is 5.70. The van der Waals surface area contributed by atoms with Gasteiger partial charge in [-0.2, -0.15) is 0 Å². The number of piperidine rings is 1. The zero-order valence-electron chi connectivity index (χ0n) is 11.4. The van der Waals surface area contributed by atoms with E-state index in [1.807, 2.05) is 18.2 Å². The first kappa shape index (κ1) is 13.9. The summed E-state index contributed by atoms with van der Waals surface area (Å²) in [5.41, 5.74) is 0.906. The van der Waals surface area contributed by atoms with Crippen molar-refractivity contribution in [3.05, 3.63) is 29.8 Å². The molecule has 0 aliphatic carbocycles. The summed E-state index contributed by atoms with van der Waals surface area (Å²) >= 11 is 0. The first-order chi connectivity index (χ1) is 9.00. The van der Waals surface area contributed by atoms with Gasteiger partial charge in [-0.05, 0) is 39.3 Å². The zero-order valence-corrected chi connectivity index (χ0v) is 11.4. The number of aliphatic carboxylic acids is 1. The number of hydrogen-bond acceptors (Lipinski definition) is 3. The van der Waals surface area contributed by atoms with Gasteiger partial charge in [-0.3, -0.25) is 9.69 Å². The monoisotopic (exact) mass is 263 g/mol. The Bertz CT molecular complexity index is 460. The average molecular weight is 263 g/mol. The van der Waals surface area contributed by atoms with Crippen molar-refractivity contribution in [3.63, 3.8) is 0 Å². The van der Waals surface area contributed by atoms with Gasteiger partial charge in [-0.15, -0.1) is 0 Å². The first-order valence-corrected chi connectivity index (χ1v) is 6.77. The van der Waals surface area contributed by atoms with Gasteiger partial charge in [-0.1, -0.05) is 18.2 Å². The number of benzene rings is 1. The minimum Gasteiger partial charge on any atom is -0.508 e. The molecule has 2 N–H and O–H groups in total. The van der Waals surface area contributed by atoms with Gasteiger partial charge in [0.25, 0.3) is 0 Å². The normalized spacial score (nSPS) is 26.0. The first-order valence-electron chi connectivity index (χ1n) is 6.77. The number of para-hydroxylation sites is 1. The van der Waals surface area contributed by atoms with Gasteiger partial charge in [0.2, 0.25) is 0 Å². The Kier molecular flexibility index (Phi) is 4.10. The highest BCUT2D eigenvalue weighted by Gasteiger charge is 2.32. The minimum atomic E-state index is -0.693. The van der Waals surface area contributed by atoms with Crippen LogP contribution >= 0.6 is 0 Å². The summed E-state index contributed by atoms with van der Waals surface area (Å²) < 4.78 is 0. The molecule has 4 heteroatoms. The summed E-state index contributed by atoms with van der Waals surface area (Å²) in [4.78, 5) is 13.3. The molecule has 0 radical (unpaired) electrons. The molecule has 0 saturated carbocycles. The van der Waals surface area contributed by atoms with Crippen molar-refractivity contribution < 1.29 is 15.0 Å². The third kappa shape index (κ3) is 2.89. The fourth-order valence-electron chi connectivity index (χ4n) is 3.01. The van der Waals surface area contributed by atoms with E-state index in [-0.39, 0.29) is 18.0 Å². The molecule has 104 valence electrons. The van der Waals surface area contributed by atoms with Crippen LogP contribution in [0.4, 0.5) is 0 Å². The second kappa shape index (κ2) is 5.61. The fourth-order valence-corrected chi connectivity index (χ4v) is 3.01. The van der Waals surface area contributed by atoms with Crippen LogP contribution in [0.25, 0.3) is 0 Å². The molecule has 1 aromatic carbocycles. The van der Waals surface area contributed by atoms with E-state index in [4.69, 9.17) is 5.11 Å². The van der Waals surface area contributed by atoms with Crippen molar-refractivity contribution in [2.45, 2.75) is 38.8 Å². The van der Waals surface area contributed by atoms with Crippen LogP contribution in [0, 0.1) is 5.92 Å². The van der Waals surface area contributed by atoms with Crippen molar-refractivity contribution >= 4 is 5.97 Å². The summed E-state index contributed by atoms with van der Waals surface area (Å²) in [5, 5.41) is 19.0. The van der Waals surface area contributed by atoms with E-state index in [1.54, 1.807) is 6.07 Å². The molecular weight excluding hydrogens is 242 g/mol. The molecule has 1 fully saturated rings. The molecule has 2 rings (SSSR count). The van der Waals surface area contributed by atoms with Crippen molar-refractivity contribution in [3.8, 4) is 5.75 Å². The molecule has 4 nitrogen and oxygen atoms in total. The smallest absolute Gasteiger partial charge is 0.306 e. The number of carboxylic acid groups (broad SMARTS) is 1. The third-order valence-corrected chi connectivity index (χ3v) is 4.16. The number of hydrogen-bond donors (Lipinski definition) is 2. The predicted molar refractivity (Wildman–Crippen MR) is 73.0 cm³/mol. The van der Waals surface area contributed by atoms with Gasteiger partial charge in [0.05, 0.1) is 5.92 Å². The molecule has 19 heavy (non-hydrogen) atoms. The number of carboxylic acids is 1. The summed E-state index contributed by atoms with van der Waals surface area (Å²) in [6.45, 7) is 4.88. The van der Waals surface area contributed by atoms with Gasteiger partial charge in [0, 0.05) is 17.6 Å². The van der Waals surface area contributed by atoms with E-state index in [1.165, 1.54) is 0 Å². The molecule has 0 spiro atoms. The quantitative estimate of drug-likeness (QED) is 0.880. The molecule has 3 unspecified atom stereocenters. The van der Waals surface area contributed by atoms with Crippen molar-refractivity contribution in [2.75, 3.05) is 6.54 Å². The zero-order chi connectivity index (χ0) is 14.0. The van der Waals surface area contributed by atoms with Crippen LogP contribution in [0.2, 0.25) is 0 Å². The van der Waals surface area contributed by atoms with Gasteiger partial charge < -0.3 is 10.2 Å². The topological polar surface area (TPSA) is 60.8 Å². The van der Waals surface area contributed by atoms with Crippen LogP contribution in [-0.2, 0) is 4.79 Å². The maximum absolute atomic E-state index is 11.0. The van der Waals surface area contributed by atoms with E-state index in [9.17, 15) is 9.90 Å². The Morgan fingerprint density at radius 1 is 1.42 bits per heavy atom. The molecule has 1 aromatic rings. The summed E-state index contributed by atoms with van der Waals surface area (Å²) in [7, 11) is 0. The number of carbonyl (C=O) groups is 1. The maximum Gasteiger partial charge on any atom is 0.306 e. The number of aromatic hydroxyl groups is 1. The lowest BCUT2D eigenvalue weighted by molar-refractivity contribution is -0.144. The molecule has 1 aliphatic rings. The van der Waals surface area contributed by atoms with Gasteiger partial charge >= 0.3 is 5.97 Å². The Morgan fingerprint density at radius 3 is 2.68 bits per heavy atom.